The number of hydrogen-bond acceptors (Lipinski definition) is 7. The molecule has 37 heavy (non-hydrogen) atoms. The van der Waals surface area contributed by atoms with Crippen molar-refractivity contribution < 1.29 is 23.8 Å². The van der Waals surface area contributed by atoms with Gasteiger partial charge in [0.25, 0.3) is 5.91 Å². The van der Waals surface area contributed by atoms with Crippen molar-refractivity contribution in [1.82, 2.24) is 30.3 Å². The molecule has 5 rings (SSSR count). The van der Waals surface area contributed by atoms with Crippen molar-refractivity contribution in [2.45, 2.75) is 63.1 Å². The molecular formula is C26H35FN6O4. The van der Waals surface area contributed by atoms with Crippen molar-refractivity contribution in [1.29, 1.82) is 0 Å². The number of nitrogens with zero attached hydrogens (tertiary/aromatic N) is 4. The van der Waals surface area contributed by atoms with Gasteiger partial charge in [-0.3, -0.25) is 19.6 Å². The molecule has 2 aliphatic heterocycles. The number of aliphatic hydroxyl groups is 1. The average molecular weight is 515 g/mol. The second-order valence-corrected chi connectivity index (χ2v) is 11.3. The Morgan fingerprint density at radius 3 is 2.78 bits per heavy atom. The smallest absolute Gasteiger partial charge is 0.272 e. The minimum absolute atomic E-state index is 0.0550. The van der Waals surface area contributed by atoms with Gasteiger partial charge in [-0.05, 0) is 52.0 Å². The molecule has 3 aliphatic rings. The van der Waals surface area contributed by atoms with Crippen LogP contribution in [0.25, 0.3) is 11.3 Å². The molecule has 2 saturated heterocycles. The van der Waals surface area contributed by atoms with Gasteiger partial charge in [0.2, 0.25) is 11.8 Å². The summed E-state index contributed by atoms with van der Waals surface area (Å²) in [4.78, 5) is 34.4. The zero-order chi connectivity index (χ0) is 26.4. The first-order valence-electron chi connectivity index (χ1n) is 12.9. The third-order valence-corrected chi connectivity index (χ3v) is 7.70. The van der Waals surface area contributed by atoms with Crippen molar-refractivity contribution >= 4 is 11.8 Å². The molecule has 3 N–H and O–H groups in total. The summed E-state index contributed by atoms with van der Waals surface area (Å²) in [5.74, 6) is -0.561. The van der Waals surface area contributed by atoms with Gasteiger partial charge in [0, 0.05) is 55.3 Å². The van der Waals surface area contributed by atoms with Gasteiger partial charge in [0.1, 0.15) is 5.69 Å². The molecule has 0 unspecified atom stereocenters. The molecule has 1 spiro atoms. The number of pyridine rings is 1. The summed E-state index contributed by atoms with van der Waals surface area (Å²) in [6, 6.07) is 3.08. The van der Waals surface area contributed by atoms with Gasteiger partial charge in [-0.1, -0.05) is 0 Å². The van der Waals surface area contributed by atoms with Crippen LogP contribution in [0.3, 0.4) is 0 Å². The number of carbonyl (C=O) groups is 2. The van der Waals surface area contributed by atoms with Crippen LogP contribution in [0.4, 0.5) is 4.39 Å². The number of halogens is 1. The first-order valence-corrected chi connectivity index (χ1v) is 12.9. The van der Waals surface area contributed by atoms with Gasteiger partial charge in [-0.25, -0.2) is 9.37 Å². The van der Waals surface area contributed by atoms with Gasteiger partial charge in [-0.2, -0.15) is 5.10 Å². The SMILES string of the molecule is COc1cc(-c2cc(C(=O)N3CC[C@@H](C(=O)N[C@@H]4CCN(CC(C)(C)O)C4)CC34CC4)[nH]n2)c(F)cn1. The molecule has 2 amide bonds. The van der Waals surface area contributed by atoms with Crippen LogP contribution in [0.5, 0.6) is 5.88 Å². The van der Waals surface area contributed by atoms with Crippen LogP contribution in [-0.2, 0) is 4.79 Å². The summed E-state index contributed by atoms with van der Waals surface area (Å²) in [7, 11) is 1.45. The van der Waals surface area contributed by atoms with E-state index in [1.54, 1.807) is 19.9 Å². The van der Waals surface area contributed by atoms with Crippen LogP contribution in [-0.4, -0.2) is 92.4 Å². The number of nitrogens with one attached hydrogen (secondary N) is 2. The first-order chi connectivity index (χ1) is 17.6. The number of likely N-dealkylation sites (tertiary alicyclic amines) is 2. The number of methoxy groups -OCH3 is 1. The predicted molar refractivity (Wildman–Crippen MR) is 133 cm³/mol. The Balaban J connectivity index is 1.20. The van der Waals surface area contributed by atoms with Crippen LogP contribution in [0.15, 0.2) is 18.3 Å². The summed E-state index contributed by atoms with van der Waals surface area (Å²) in [6.07, 6.45) is 4.90. The largest absolute Gasteiger partial charge is 0.481 e. The van der Waals surface area contributed by atoms with Gasteiger partial charge in [-0.15, -0.1) is 0 Å². The lowest BCUT2D eigenvalue weighted by Gasteiger charge is -2.39. The summed E-state index contributed by atoms with van der Waals surface area (Å²) >= 11 is 0. The molecule has 2 aromatic heterocycles. The molecule has 11 heteroatoms. The number of hydrogen-bond donors (Lipinski definition) is 3. The molecule has 2 atom stereocenters. The lowest BCUT2D eigenvalue weighted by molar-refractivity contribution is -0.127. The van der Waals surface area contributed by atoms with Crippen molar-refractivity contribution in [2.75, 3.05) is 33.3 Å². The fraction of sp³-hybridized carbons (Fsp3) is 0.615. The Labute approximate surface area is 215 Å². The number of ether oxygens (including phenoxy) is 1. The van der Waals surface area contributed by atoms with E-state index in [1.807, 2.05) is 4.90 Å². The summed E-state index contributed by atoms with van der Waals surface area (Å²) in [6.45, 7) is 6.25. The number of amides is 2. The Morgan fingerprint density at radius 1 is 1.30 bits per heavy atom. The highest BCUT2D eigenvalue weighted by Gasteiger charge is 2.54. The minimum Gasteiger partial charge on any atom is -0.481 e. The molecule has 2 aromatic rings. The van der Waals surface area contributed by atoms with E-state index < -0.39 is 11.4 Å². The number of aromatic nitrogens is 3. The van der Waals surface area contributed by atoms with E-state index in [4.69, 9.17) is 4.74 Å². The molecule has 0 aromatic carbocycles. The third kappa shape index (κ3) is 5.47. The zero-order valence-electron chi connectivity index (χ0n) is 21.6. The maximum absolute atomic E-state index is 14.3. The van der Waals surface area contributed by atoms with Gasteiger partial charge >= 0.3 is 0 Å². The second kappa shape index (κ2) is 9.68. The Morgan fingerprint density at radius 2 is 2.08 bits per heavy atom. The lowest BCUT2D eigenvalue weighted by atomic mass is 9.87. The number of aromatic amines is 1. The van der Waals surface area contributed by atoms with Crippen LogP contribution < -0.4 is 10.1 Å². The van der Waals surface area contributed by atoms with Crippen molar-refractivity contribution in [3.63, 3.8) is 0 Å². The average Bonchev–Trinajstić information content (AvgIpc) is 3.23. The van der Waals surface area contributed by atoms with Crippen LogP contribution in [0, 0.1) is 11.7 Å². The first kappa shape index (κ1) is 25.6. The standard InChI is InChI=1S/C26H35FN6O4/c1-25(2,36)15-32-8-5-17(14-32)29-23(34)16-4-9-33(26(12-16)6-7-26)24(35)21-11-20(30-31-21)18-10-22(37-3)28-13-19(18)27/h10-11,13,16-17,36H,4-9,12,14-15H2,1-3H3,(H,29,34)(H,30,31)/t16-,17-/m1/s1. The van der Waals surface area contributed by atoms with E-state index in [2.05, 4.69) is 25.4 Å². The number of carbonyl (C=O) groups excluding carboxylic acids is 2. The van der Waals surface area contributed by atoms with Crippen LogP contribution in [0.2, 0.25) is 0 Å². The minimum atomic E-state index is -0.759. The van der Waals surface area contributed by atoms with E-state index in [-0.39, 0.29) is 46.5 Å². The van der Waals surface area contributed by atoms with Crippen molar-refractivity contribution in [2.24, 2.45) is 5.92 Å². The van der Waals surface area contributed by atoms with Gasteiger partial charge < -0.3 is 20.1 Å². The van der Waals surface area contributed by atoms with Gasteiger partial charge in [0.05, 0.1) is 24.6 Å². The number of H-pyrrole nitrogens is 1. The molecule has 3 fully saturated rings. The summed E-state index contributed by atoms with van der Waals surface area (Å²) in [5.41, 5.74) is -0.276. The summed E-state index contributed by atoms with van der Waals surface area (Å²) in [5, 5.41) is 20.2. The number of piperidine rings is 1. The Bertz CT molecular complexity index is 1170. The fourth-order valence-corrected chi connectivity index (χ4v) is 5.75. The molecule has 0 radical (unpaired) electrons. The normalized spacial score (nSPS) is 23.3. The van der Waals surface area contributed by atoms with E-state index >= 15 is 0 Å². The molecule has 10 nitrogen and oxygen atoms in total. The monoisotopic (exact) mass is 514 g/mol. The lowest BCUT2D eigenvalue weighted by Crippen LogP contribution is -2.52. The maximum atomic E-state index is 14.3. The molecule has 4 heterocycles. The highest BCUT2D eigenvalue weighted by atomic mass is 19.1. The fourth-order valence-electron chi connectivity index (χ4n) is 5.75. The van der Waals surface area contributed by atoms with E-state index in [0.717, 1.165) is 38.5 Å². The number of β-amino-alcohol motifs (C(OH)–C–C–N with tert-alkyl or cyclic N) is 1. The molecule has 200 valence electrons. The third-order valence-electron chi connectivity index (χ3n) is 7.70. The topological polar surface area (TPSA) is 124 Å². The Kier molecular flexibility index (Phi) is 6.70. The van der Waals surface area contributed by atoms with E-state index in [1.165, 1.54) is 13.2 Å². The molecular weight excluding hydrogens is 479 g/mol. The second-order valence-electron chi connectivity index (χ2n) is 11.3. The molecule has 0 bridgehead atoms. The van der Waals surface area contributed by atoms with E-state index in [0.29, 0.717) is 31.6 Å². The maximum Gasteiger partial charge on any atom is 0.272 e. The predicted octanol–water partition coefficient (Wildman–Crippen LogP) is 1.97. The molecule has 1 saturated carbocycles. The van der Waals surface area contributed by atoms with E-state index in [9.17, 15) is 19.1 Å². The van der Waals surface area contributed by atoms with Crippen LogP contribution >= 0.6 is 0 Å². The summed E-state index contributed by atoms with van der Waals surface area (Å²) < 4.78 is 19.4. The zero-order valence-corrected chi connectivity index (χ0v) is 21.6. The number of rotatable bonds is 7. The van der Waals surface area contributed by atoms with Crippen LogP contribution in [0.1, 0.15) is 56.4 Å². The quantitative estimate of drug-likeness (QED) is 0.516. The van der Waals surface area contributed by atoms with Gasteiger partial charge in [0.15, 0.2) is 5.82 Å². The van der Waals surface area contributed by atoms with Crippen molar-refractivity contribution in [3.05, 3.63) is 29.8 Å². The Hall–Kier alpha value is -3.05. The highest BCUT2D eigenvalue weighted by molar-refractivity contribution is 5.94. The highest BCUT2D eigenvalue weighted by Crippen LogP contribution is 2.50. The van der Waals surface area contributed by atoms with Crippen molar-refractivity contribution in [3.8, 4) is 17.1 Å². The molecule has 1 aliphatic carbocycles.